The zero-order chi connectivity index (χ0) is 17.1. The molecule has 24 heavy (non-hydrogen) atoms. The Kier molecular flexibility index (Phi) is 4.41. The number of aromatic nitrogens is 5. The smallest absolute Gasteiger partial charge is 0.254 e. The first-order valence-corrected chi connectivity index (χ1v) is 7.07. The average molecular weight is 333 g/mol. The lowest BCUT2D eigenvalue weighted by molar-refractivity contribution is 0.271. The Morgan fingerprint density at radius 1 is 1.21 bits per heavy atom. The molecule has 3 heterocycles. The van der Waals surface area contributed by atoms with Crippen molar-refractivity contribution < 1.29 is 17.9 Å². The van der Waals surface area contributed by atoms with Gasteiger partial charge in [-0.1, -0.05) is 0 Å². The molecule has 124 valence electrons. The number of ether oxygens (including phenoxy) is 1. The third-order valence-corrected chi connectivity index (χ3v) is 3.04. The Balaban J connectivity index is 1.69. The molecule has 3 aromatic heterocycles. The van der Waals surface area contributed by atoms with Crippen molar-refractivity contribution in [3.05, 3.63) is 47.8 Å². The van der Waals surface area contributed by atoms with E-state index in [1.165, 1.54) is 13.1 Å². The first kappa shape index (κ1) is 15.9. The number of rotatable bonds is 5. The number of hydrogen-bond donors (Lipinski definition) is 0. The van der Waals surface area contributed by atoms with Crippen molar-refractivity contribution >= 4 is 0 Å². The molecule has 0 saturated heterocycles. The van der Waals surface area contributed by atoms with E-state index < -0.39 is 12.0 Å². The molecule has 3 aromatic rings. The van der Waals surface area contributed by atoms with E-state index in [9.17, 15) is 8.78 Å². The van der Waals surface area contributed by atoms with Crippen LogP contribution in [0.5, 0.6) is 5.88 Å². The fourth-order valence-corrected chi connectivity index (χ4v) is 1.83. The molecule has 0 bridgehead atoms. The summed E-state index contributed by atoms with van der Waals surface area (Å²) in [7, 11) is 0. The molecule has 0 N–H and O–H groups in total. The van der Waals surface area contributed by atoms with Crippen LogP contribution in [0.4, 0.5) is 8.78 Å². The van der Waals surface area contributed by atoms with Crippen LogP contribution in [0.1, 0.15) is 30.5 Å². The summed E-state index contributed by atoms with van der Waals surface area (Å²) in [5, 5.41) is 7.37. The highest BCUT2D eigenvalue weighted by molar-refractivity contribution is 5.50. The zero-order valence-corrected chi connectivity index (χ0v) is 12.9. The molecule has 0 spiro atoms. The summed E-state index contributed by atoms with van der Waals surface area (Å²) in [6.07, 6.45) is 1.20. The van der Waals surface area contributed by atoms with Gasteiger partial charge in [0, 0.05) is 6.20 Å². The first-order valence-electron chi connectivity index (χ1n) is 7.07. The fraction of sp³-hybridized carbons (Fsp3) is 0.267. The van der Waals surface area contributed by atoms with E-state index in [0.717, 1.165) is 6.20 Å². The maximum absolute atomic E-state index is 13.5. The van der Waals surface area contributed by atoms with Crippen molar-refractivity contribution in [3.8, 4) is 17.3 Å². The molecular formula is C15H13F2N5O2. The van der Waals surface area contributed by atoms with Crippen LogP contribution in [0.2, 0.25) is 0 Å². The van der Waals surface area contributed by atoms with Gasteiger partial charge in [-0.2, -0.15) is 9.37 Å². The van der Waals surface area contributed by atoms with Gasteiger partial charge in [-0.25, -0.2) is 9.37 Å². The lowest BCUT2D eigenvalue weighted by atomic mass is 10.2. The normalized spacial score (nSPS) is 12.2. The van der Waals surface area contributed by atoms with Crippen molar-refractivity contribution in [2.75, 3.05) is 0 Å². The molecule has 0 fully saturated rings. The van der Waals surface area contributed by atoms with E-state index in [1.54, 1.807) is 19.1 Å². The lowest BCUT2D eigenvalue weighted by Crippen LogP contribution is -2.03. The SMILES string of the molecule is Cc1ncc(F)c(OCc2ccc(-c3nnc(C(C)F)o3)cn2)n1. The molecule has 3 rings (SSSR count). The number of nitrogens with zero attached hydrogens (tertiary/aromatic N) is 5. The number of alkyl halides is 1. The highest BCUT2D eigenvalue weighted by Gasteiger charge is 2.14. The van der Waals surface area contributed by atoms with E-state index in [2.05, 4.69) is 25.1 Å². The second-order valence-electron chi connectivity index (χ2n) is 4.96. The lowest BCUT2D eigenvalue weighted by Gasteiger charge is -2.06. The van der Waals surface area contributed by atoms with Crippen LogP contribution in [-0.2, 0) is 6.61 Å². The summed E-state index contributed by atoms with van der Waals surface area (Å²) in [5.74, 6) is -0.286. The van der Waals surface area contributed by atoms with E-state index >= 15 is 0 Å². The molecule has 1 atom stereocenters. The number of hydrogen-bond acceptors (Lipinski definition) is 7. The molecule has 7 nitrogen and oxygen atoms in total. The third-order valence-electron chi connectivity index (χ3n) is 3.04. The maximum Gasteiger partial charge on any atom is 0.254 e. The van der Waals surface area contributed by atoms with Crippen molar-refractivity contribution in [3.63, 3.8) is 0 Å². The van der Waals surface area contributed by atoms with Crippen LogP contribution in [0.25, 0.3) is 11.5 Å². The van der Waals surface area contributed by atoms with Gasteiger partial charge in [0.05, 0.1) is 17.5 Å². The van der Waals surface area contributed by atoms with Crippen molar-refractivity contribution in [2.24, 2.45) is 0 Å². The van der Waals surface area contributed by atoms with Crippen molar-refractivity contribution in [2.45, 2.75) is 26.6 Å². The summed E-state index contributed by atoms with van der Waals surface area (Å²) in [5.41, 5.74) is 1.09. The minimum Gasteiger partial charge on any atom is -0.469 e. The monoisotopic (exact) mass is 333 g/mol. The molecule has 0 saturated carbocycles. The quantitative estimate of drug-likeness (QED) is 0.709. The summed E-state index contributed by atoms with van der Waals surface area (Å²) < 4.78 is 37.1. The van der Waals surface area contributed by atoms with Crippen LogP contribution < -0.4 is 4.74 Å². The summed E-state index contributed by atoms with van der Waals surface area (Å²) in [6, 6.07) is 3.33. The average Bonchev–Trinajstić information content (AvgIpc) is 3.06. The van der Waals surface area contributed by atoms with Gasteiger partial charge in [0.2, 0.25) is 11.7 Å². The van der Waals surface area contributed by atoms with E-state index in [1.807, 2.05) is 0 Å². The molecule has 0 aliphatic carbocycles. The van der Waals surface area contributed by atoms with Gasteiger partial charge in [0.1, 0.15) is 12.4 Å². The second kappa shape index (κ2) is 6.65. The van der Waals surface area contributed by atoms with Gasteiger partial charge in [-0.05, 0) is 26.0 Å². The van der Waals surface area contributed by atoms with Crippen LogP contribution >= 0.6 is 0 Å². The Bertz CT molecular complexity index is 836. The molecular weight excluding hydrogens is 320 g/mol. The van der Waals surface area contributed by atoms with Gasteiger partial charge in [-0.15, -0.1) is 10.2 Å². The molecule has 0 aliphatic rings. The number of aryl methyl sites for hydroxylation is 1. The van der Waals surface area contributed by atoms with Crippen LogP contribution in [0.15, 0.2) is 28.9 Å². The zero-order valence-electron chi connectivity index (χ0n) is 12.9. The van der Waals surface area contributed by atoms with Crippen molar-refractivity contribution in [1.29, 1.82) is 0 Å². The number of pyridine rings is 1. The molecule has 0 radical (unpaired) electrons. The summed E-state index contributed by atoms with van der Waals surface area (Å²) in [4.78, 5) is 11.8. The van der Waals surface area contributed by atoms with Gasteiger partial charge in [0.15, 0.2) is 6.17 Å². The van der Waals surface area contributed by atoms with Crippen LogP contribution in [0, 0.1) is 12.7 Å². The maximum atomic E-state index is 13.5. The fourth-order valence-electron chi connectivity index (χ4n) is 1.83. The Morgan fingerprint density at radius 3 is 2.71 bits per heavy atom. The van der Waals surface area contributed by atoms with E-state index in [0.29, 0.717) is 17.1 Å². The third kappa shape index (κ3) is 3.50. The highest BCUT2D eigenvalue weighted by Crippen LogP contribution is 2.22. The highest BCUT2D eigenvalue weighted by atomic mass is 19.1. The van der Waals surface area contributed by atoms with E-state index in [-0.39, 0.29) is 24.3 Å². The van der Waals surface area contributed by atoms with Crippen LogP contribution in [0.3, 0.4) is 0 Å². The van der Waals surface area contributed by atoms with Crippen LogP contribution in [-0.4, -0.2) is 25.1 Å². The Hall–Kier alpha value is -2.97. The summed E-state index contributed by atoms with van der Waals surface area (Å²) in [6.45, 7) is 2.98. The molecule has 1 unspecified atom stereocenters. The first-order chi connectivity index (χ1) is 11.5. The van der Waals surface area contributed by atoms with Gasteiger partial charge in [0.25, 0.3) is 11.8 Å². The predicted molar refractivity (Wildman–Crippen MR) is 78.1 cm³/mol. The van der Waals surface area contributed by atoms with E-state index in [4.69, 9.17) is 9.15 Å². The Morgan fingerprint density at radius 2 is 2.04 bits per heavy atom. The largest absolute Gasteiger partial charge is 0.469 e. The van der Waals surface area contributed by atoms with Gasteiger partial charge in [-0.3, -0.25) is 4.98 Å². The Labute approximate surface area is 135 Å². The minimum atomic E-state index is -1.34. The molecule has 0 amide bonds. The molecule has 0 aliphatic heterocycles. The standard InChI is InChI=1S/C15H13F2N5O2/c1-8(16)13-21-22-14(24-13)10-3-4-11(19-5-10)7-23-15-12(17)6-18-9(2)20-15/h3-6,8H,7H2,1-2H3. The molecule has 0 aromatic carbocycles. The predicted octanol–water partition coefficient (Wildman–Crippen LogP) is 2.98. The van der Waals surface area contributed by atoms with Crippen molar-refractivity contribution in [1.82, 2.24) is 25.1 Å². The topological polar surface area (TPSA) is 86.8 Å². The number of halogens is 2. The molecule has 9 heteroatoms. The van der Waals surface area contributed by atoms with Gasteiger partial charge < -0.3 is 9.15 Å². The summed E-state index contributed by atoms with van der Waals surface area (Å²) >= 11 is 0. The second-order valence-corrected chi connectivity index (χ2v) is 4.96. The minimum absolute atomic E-state index is 0.0320. The van der Waals surface area contributed by atoms with Gasteiger partial charge >= 0.3 is 0 Å².